The smallest absolute Gasteiger partial charge is 0.254 e. The Morgan fingerprint density at radius 3 is 3.00 bits per heavy atom. The third-order valence-electron chi connectivity index (χ3n) is 2.85. The maximum absolute atomic E-state index is 11.9. The van der Waals surface area contributed by atoms with Crippen LogP contribution in [0.1, 0.15) is 15.9 Å². The quantitative estimate of drug-likeness (QED) is 0.921. The van der Waals surface area contributed by atoms with Crippen LogP contribution in [0.4, 0.5) is 0 Å². The molecule has 2 aromatic rings. The van der Waals surface area contributed by atoms with Crippen molar-refractivity contribution in [1.29, 1.82) is 0 Å². The van der Waals surface area contributed by atoms with Crippen LogP contribution in [0.25, 0.3) is 0 Å². The Labute approximate surface area is 122 Å². The van der Waals surface area contributed by atoms with Gasteiger partial charge in [0.15, 0.2) is 0 Å². The second-order valence-electron chi connectivity index (χ2n) is 4.21. The van der Waals surface area contributed by atoms with Crippen LogP contribution in [-0.2, 0) is 6.42 Å². The Morgan fingerprint density at radius 2 is 2.25 bits per heavy atom. The fourth-order valence-corrected chi connectivity index (χ4v) is 1.98. The summed E-state index contributed by atoms with van der Waals surface area (Å²) in [6.45, 7) is 0.525. The first-order valence-corrected chi connectivity index (χ1v) is 6.59. The lowest BCUT2D eigenvalue weighted by Gasteiger charge is -2.07. The molecule has 4 nitrogen and oxygen atoms in total. The molecule has 0 radical (unpaired) electrons. The van der Waals surface area contributed by atoms with Gasteiger partial charge in [-0.05, 0) is 30.2 Å². The van der Waals surface area contributed by atoms with Crippen molar-refractivity contribution >= 4 is 17.5 Å². The third-order valence-corrected chi connectivity index (χ3v) is 3.18. The molecule has 0 spiro atoms. The number of aromatic nitrogens is 1. The molecule has 1 aromatic heterocycles. The Hall–Kier alpha value is -2.07. The molecule has 104 valence electrons. The van der Waals surface area contributed by atoms with E-state index in [1.165, 1.54) is 6.20 Å². The Bertz CT molecular complexity index is 602. The van der Waals surface area contributed by atoms with Crippen LogP contribution in [0.5, 0.6) is 5.75 Å². The van der Waals surface area contributed by atoms with Crippen molar-refractivity contribution in [2.75, 3.05) is 13.7 Å². The van der Waals surface area contributed by atoms with Crippen LogP contribution < -0.4 is 10.1 Å². The minimum absolute atomic E-state index is 0.217. The van der Waals surface area contributed by atoms with Gasteiger partial charge in [-0.15, -0.1) is 0 Å². The van der Waals surface area contributed by atoms with E-state index in [0.717, 1.165) is 17.7 Å². The van der Waals surface area contributed by atoms with Crippen molar-refractivity contribution in [3.63, 3.8) is 0 Å². The Balaban J connectivity index is 1.89. The highest BCUT2D eigenvalue weighted by Crippen LogP contribution is 2.14. The van der Waals surface area contributed by atoms with E-state index < -0.39 is 0 Å². The standard InChI is InChI=1S/C15H15ClN2O2/c1-20-12-4-2-3-11(9-12)5-8-18-15(19)13-10-17-7-6-14(13)16/h2-4,6-7,9-10H,5,8H2,1H3,(H,18,19). The van der Waals surface area contributed by atoms with Gasteiger partial charge in [-0.3, -0.25) is 9.78 Å². The molecular weight excluding hydrogens is 276 g/mol. The summed E-state index contributed by atoms with van der Waals surface area (Å²) in [5.74, 6) is 0.593. The molecule has 2 rings (SSSR count). The van der Waals surface area contributed by atoms with Gasteiger partial charge in [-0.1, -0.05) is 23.7 Å². The molecule has 0 unspecified atom stereocenters. The van der Waals surface area contributed by atoms with Gasteiger partial charge in [-0.2, -0.15) is 0 Å². The maximum Gasteiger partial charge on any atom is 0.254 e. The average Bonchev–Trinajstić information content (AvgIpc) is 2.48. The molecule has 1 amide bonds. The highest BCUT2D eigenvalue weighted by atomic mass is 35.5. The number of nitrogens with one attached hydrogen (secondary N) is 1. The number of hydrogen-bond acceptors (Lipinski definition) is 3. The SMILES string of the molecule is COc1cccc(CCNC(=O)c2cnccc2Cl)c1. The molecule has 1 heterocycles. The molecule has 0 saturated heterocycles. The van der Waals surface area contributed by atoms with Gasteiger partial charge in [0.2, 0.25) is 0 Å². The van der Waals surface area contributed by atoms with Crippen LogP contribution >= 0.6 is 11.6 Å². The molecule has 20 heavy (non-hydrogen) atoms. The molecule has 0 aliphatic heterocycles. The van der Waals surface area contributed by atoms with Gasteiger partial charge in [0, 0.05) is 18.9 Å². The van der Waals surface area contributed by atoms with E-state index in [2.05, 4.69) is 10.3 Å². The normalized spacial score (nSPS) is 10.1. The first-order valence-electron chi connectivity index (χ1n) is 6.21. The molecule has 0 fully saturated rings. The van der Waals surface area contributed by atoms with E-state index in [4.69, 9.17) is 16.3 Å². The summed E-state index contributed by atoms with van der Waals surface area (Å²) in [6, 6.07) is 9.35. The second-order valence-corrected chi connectivity index (χ2v) is 4.62. The van der Waals surface area contributed by atoms with E-state index >= 15 is 0 Å². The van der Waals surface area contributed by atoms with Crippen molar-refractivity contribution in [2.45, 2.75) is 6.42 Å². The Kier molecular flexibility index (Phi) is 4.96. The number of pyridine rings is 1. The summed E-state index contributed by atoms with van der Waals surface area (Å²) in [5.41, 5.74) is 1.49. The molecule has 1 N–H and O–H groups in total. The lowest BCUT2D eigenvalue weighted by molar-refractivity contribution is 0.0954. The van der Waals surface area contributed by atoms with Crippen LogP contribution in [-0.4, -0.2) is 24.5 Å². The lowest BCUT2D eigenvalue weighted by Crippen LogP contribution is -2.26. The predicted octanol–water partition coefficient (Wildman–Crippen LogP) is 2.72. The number of halogens is 1. The van der Waals surface area contributed by atoms with Crippen molar-refractivity contribution in [3.8, 4) is 5.75 Å². The molecular formula is C15H15ClN2O2. The van der Waals surface area contributed by atoms with Gasteiger partial charge in [0.1, 0.15) is 5.75 Å². The summed E-state index contributed by atoms with van der Waals surface area (Å²) in [4.78, 5) is 15.8. The third kappa shape index (κ3) is 3.71. The van der Waals surface area contributed by atoms with Gasteiger partial charge >= 0.3 is 0 Å². The zero-order valence-electron chi connectivity index (χ0n) is 11.1. The summed E-state index contributed by atoms with van der Waals surface area (Å²) >= 11 is 5.94. The van der Waals surface area contributed by atoms with Crippen LogP contribution in [0.3, 0.4) is 0 Å². The maximum atomic E-state index is 11.9. The summed E-state index contributed by atoms with van der Waals surface area (Å²) in [5, 5.41) is 3.22. The Morgan fingerprint density at radius 1 is 1.40 bits per heavy atom. The van der Waals surface area contributed by atoms with Gasteiger partial charge in [0.05, 0.1) is 17.7 Å². The second kappa shape index (κ2) is 6.91. The van der Waals surface area contributed by atoms with Crippen LogP contribution in [0, 0.1) is 0 Å². The highest BCUT2D eigenvalue weighted by molar-refractivity contribution is 6.33. The van der Waals surface area contributed by atoms with Gasteiger partial charge in [0.25, 0.3) is 5.91 Å². The molecule has 0 aliphatic rings. The fraction of sp³-hybridized carbons (Fsp3) is 0.200. The van der Waals surface area contributed by atoms with Gasteiger partial charge < -0.3 is 10.1 Å². The van der Waals surface area contributed by atoms with Gasteiger partial charge in [-0.25, -0.2) is 0 Å². The number of amides is 1. The van der Waals surface area contributed by atoms with Crippen LogP contribution in [0.2, 0.25) is 5.02 Å². The number of hydrogen-bond donors (Lipinski definition) is 1. The topological polar surface area (TPSA) is 51.2 Å². The van der Waals surface area contributed by atoms with Crippen LogP contribution in [0.15, 0.2) is 42.7 Å². The van der Waals surface area contributed by atoms with Crippen molar-refractivity contribution < 1.29 is 9.53 Å². The number of carbonyl (C=O) groups is 1. The predicted molar refractivity (Wildman–Crippen MR) is 78.3 cm³/mol. The minimum Gasteiger partial charge on any atom is -0.497 e. The first kappa shape index (κ1) is 14.3. The zero-order valence-corrected chi connectivity index (χ0v) is 11.9. The van der Waals surface area contributed by atoms with Crippen molar-refractivity contribution in [3.05, 3.63) is 58.9 Å². The summed E-state index contributed by atoms with van der Waals surface area (Å²) < 4.78 is 5.15. The zero-order chi connectivity index (χ0) is 14.4. The minimum atomic E-state index is -0.217. The lowest BCUT2D eigenvalue weighted by atomic mass is 10.1. The van der Waals surface area contributed by atoms with E-state index in [1.807, 2.05) is 24.3 Å². The number of carbonyl (C=O) groups excluding carboxylic acids is 1. The molecule has 0 saturated carbocycles. The van der Waals surface area contributed by atoms with Crippen molar-refractivity contribution in [1.82, 2.24) is 10.3 Å². The van der Waals surface area contributed by atoms with Crippen molar-refractivity contribution in [2.24, 2.45) is 0 Å². The van der Waals surface area contributed by atoms with E-state index in [1.54, 1.807) is 19.4 Å². The van der Waals surface area contributed by atoms with E-state index in [-0.39, 0.29) is 5.91 Å². The molecule has 1 aromatic carbocycles. The number of benzene rings is 1. The van der Waals surface area contributed by atoms with E-state index in [0.29, 0.717) is 17.1 Å². The number of methoxy groups -OCH3 is 1. The monoisotopic (exact) mass is 290 g/mol. The fourth-order valence-electron chi connectivity index (χ4n) is 1.79. The average molecular weight is 291 g/mol. The number of ether oxygens (including phenoxy) is 1. The molecule has 0 bridgehead atoms. The number of rotatable bonds is 5. The molecule has 5 heteroatoms. The largest absolute Gasteiger partial charge is 0.497 e. The number of nitrogens with zero attached hydrogens (tertiary/aromatic N) is 1. The molecule has 0 atom stereocenters. The first-order chi connectivity index (χ1) is 9.70. The summed E-state index contributed by atoms with van der Waals surface area (Å²) in [6.07, 6.45) is 3.74. The highest BCUT2D eigenvalue weighted by Gasteiger charge is 2.09. The van der Waals surface area contributed by atoms with E-state index in [9.17, 15) is 4.79 Å². The molecule has 0 aliphatic carbocycles. The summed E-state index contributed by atoms with van der Waals surface area (Å²) in [7, 11) is 1.63.